The Labute approximate surface area is 130 Å². The van der Waals surface area contributed by atoms with Gasteiger partial charge in [0.25, 0.3) is 0 Å². The number of hydrogen-bond acceptors (Lipinski definition) is 3. The molecule has 0 saturated heterocycles. The van der Waals surface area contributed by atoms with Gasteiger partial charge in [-0.1, -0.05) is 24.3 Å². The number of fused-ring (bicyclic) bond motifs is 1. The molecule has 22 heavy (non-hydrogen) atoms. The third kappa shape index (κ3) is 2.46. The number of ether oxygens (including phenoxy) is 1. The van der Waals surface area contributed by atoms with Crippen LogP contribution in [0.2, 0.25) is 0 Å². The van der Waals surface area contributed by atoms with Crippen LogP contribution in [-0.2, 0) is 0 Å². The van der Waals surface area contributed by atoms with Crippen LogP contribution >= 0.6 is 0 Å². The van der Waals surface area contributed by atoms with Gasteiger partial charge in [-0.2, -0.15) is 0 Å². The standard InChI is InChI=1S/C18H20N2O2/c1-12(2)20-16-7-5-4-6-15(16)19-18(20)17(21)13-8-10-14(22-3)11-9-13/h4-12,17,21H,1-3H3/t17-/m1/s1. The van der Waals surface area contributed by atoms with Crippen LogP contribution in [0.4, 0.5) is 0 Å². The second-order valence-electron chi connectivity index (χ2n) is 5.60. The topological polar surface area (TPSA) is 47.3 Å². The Morgan fingerprint density at radius 1 is 1.05 bits per heavy atom. The van der Waals surface area contributed by atoms with Crippen molar-refractivity contribution in [1.29, 1.82) is 0 Å². The molecule has 0 saturated carbocycles. The molecule has 0 aliphatic heterocycles. The first kappa shape index (κ1) is 14.6. The lowest BCUT2D eigenvalue weighted by Crippen LogP contribution is -2.12. The van der Waals surface area contributed by atoms with Crippen molar-refractivity contribution in [2.24, 2.45) is 0 Å². The van der Waals surface area contributed by atoms with Gasteiger partial charge in [0.05, 0.1) is 18.1 Å². The fourth-order valence-electron chi connectivity index (χ4n) is 2.73. The minimum absolute atomic E-state index is 0.218. The molecule has 4 nitrogen and oxygen atoms in total. The monoisotopic (exact) mass is 296 g/mol. The van der Waals surface area contributed by atoms with Crippen LogP contribution in [0.15, 0.2) is 48.5 Å². The Balaban J connectivity index is 2.09. The number of benzene rings is 2. The summed E-state index contributed by atoms with van der Waals surface area (Å²) in [5.41, 5.74) is 2.75. The summed E-state index contributed by atoms with van der Waals surface area (Å²) in [4.78, 5) is 4.63. The first-order valence-corrected chi connectivity index (χ1v) is 7.40. The van der Waals surface area contributed by atoms with E-state index in [1.165, 1.54) is 0 Å². The molecule has 3 aromatic rings. The molecule has 0 unspecified atom stereocenters. The summed E-state index contributed by atoms with van der Waals surface area (Å²) in [6, 6.07) is 15.6. The van der Waals surface area contributed by atoms with E-state index in [0.717, 1.165) is 22.3 Å². The molecule has 0 aliphatic rings. The number of para-hydroxylation sites is 2. The van der Waals surface area contributed by atoms with E-state index in [9.17, 15) is 5.11 Å². The van der Waals surface area contributed by atoms with Gasteiger partial charge in [-0.25, -0.2) is 4.98 Å². The molecule has 1 aromatic heterocycles. The van der Waals surface area contributed by atoms with Crippen LogP contribution in [0, 0.1) is 0 Å². The van der Waals surface area contributed by atoms with Crippen molar-refractivity contribution < 1.29 is 9.84 Å². The van der Waals surface area contributed by atoms with Crippen LogP contribution in [0.5, 0.6) is 5.75 Å². The fourth-order valence-corrected chi connectivity index (χ4v) is 2.73. The minimum Gasteiger partial charge on any atom is -0.497 e. The molecule has 0 aliphatic carbocycles. The van der Waals surface area contributed by atoms with E-state index in [0.29, 0.717) is 5.82 Å². The molecule has 0 fully saturated rings. The molecule has 1 N–H and O–H groups in total. The molecule has 2 aromatic carbocycles. The smallest absolute Gasteiger partial charge is 0.143 e. The zero-order chi connectivity index (χ0) is 15.7. The second kappa shape index (κ2) is 5.81. The molecule has 4 heteroatoms. The quantitative estimate of drug-likeness (QED) is 0.798. The number of nitrogens with zero attached hydrogens (tertiary/aromatic N) is 2. The van der Waals surface area contributed by atoms with Crippen LogP contribution in [0.25, 0.3) is 11.0 Å². The summed E-state index contributed by atoms with van der Waals surface area (Å²) in [5.74, 6) is 1.44. The van der Waals surface area contributed by atoms with Gasteiger partial charge < -0.3 is 14.4 Å². The molecule has 1 heterocycles. The Bertz CT molecular complexity index is 775. The molecular weight excluding hydrogens is 276 g/mol. The van der Waals surface area contributed by atoms with Gasteiger partial charge in [0.15, 0.2) is 0 Å². The lowest BCUT2D eigenvalue weighted by molar-refractivity contribution is 0.203. The molecule has 114 valence electrons. The maximum Gasteiger partial charge on any atom is 0.143 e. The van der Waals surface area contributed by atoms with E-state index < -0.39 is 6.10 Å². The van der Waals surface area contributed by atoms with Crippen molar-refractivity contribution in [2.75, 3.05) is 7.11 Å². The fraction of sp³-hybridized carbons (Fsp3) is 0.278. The third-order valence-electron chi connectivity index (χ3n) is 3.82. The van der Waals surface area contributed by atoms with E-state index in [-0.39, 0.29) is 6.04 Å². The number of aromatic nitrogens is 2. The summed E-state index contributed by atoms with van der Waals surface area (Å²) in [5, 5.41) is 10.8. The Hall–Kier alpha value is -2.33. The second-order valence-corrected chi connectivity index (χ2v) is 5.60. The SMILES string of the molecule is COc1ccc([C@@H](O)c2nc3ccccc3n2C(C)C)cc1. The van der Waals surface area contributed by atoms with Gasteiger partial charge in [-0.05, 0) is 43.7 Å². The third-order valence-corrected chi connectivity index (χ3v) is 3.82. The lowest BCUT2D eigenvalue weighted by atomic mass is 10.1. The van der Waals surface area contributed by atoms with Crippen molar-refractivity contribution in [1.82, 2.24) is 9.55 Å². The minimum atomic E-state index is -0.763. The van der Waals surface area contributed by atoms with Gasteiger partial charge in [0.1, 0.15) is 17.7 Å². The molecule has 0 amide bonds. The Morgan fingerprint density at radius 2 is 1.73 bits per heavy atom. The number of hydrogen-bond donors (Lipinski definition) is 1. The van der Waals surface area contributed by atoms with E-state index in [1.54, 1.807) is 7.11 Å². The number of aliphatic hydroxyl groups excluding tert-OH is 1. The van der Waals surface area contributed by atoms with Crippen molar-refractivity contribution in [3.63, 3.8) is 0 Å². The van der Waals surface area contributed by atoms with Gasteiger partial charge in [0.2, 0.25) is 0 Å². The first-order valence-electron chi connectivity index (χ1n) is 7.40. The predicted octanol–water partition coefficient (Wildman–Crippen LogP) is 3.71. The van der Waals surface area contributed by atoms with Gasteiger partial charge in [-0.15, -0.1) is 0 Å². The van der Waals surface area contributed by atoms with E-state index >= 15 is 0 Å². The van der Waals surface area contributed by atoms with Crippen molar-refractivity contribution in [3.8, 4) is 5.75 Å². The maximum absolute atomic E-state index is 10.8. The molecule has 1 atom stereocenters. The summed E-state index contributed by atoms with van der Waals surface area (Å²) in [7, 11) is 1.63. The van der Waals surface area contributed by atoms with E-state index in [4.69, 9.17) is 4.74 Å². The Morgan fingerprint density at radius 3 is 2.36 bits per heavy atom. The molecule has 0 radical (unpaired) electrons. The maximum atomic E-state index is 10.8. The summed E-state index contributed by atoms with van der Waals surface area (Å²) in [6.07, 6.45) is -0.763. The number of methoxy groups -OCH3 is 1. The van der Waals surface area contributed by atoms with Gasteiger partial charge in [-0.3, -0.25) is 0 Å². The zero-order valence-electron chi connectivity index (χ0n) is 13.0. The summed E-state index contributed by atoms with van der Waals surface area (Å²) in [6.45, 7) is 4.19. The highest BCUT2D eigenvalue weighted by Gasteiger charge is 2.21. The lowest BCUT2D eigenvalue weighted by Gasteiger charge is -2.17. The average Bonchev–Trinajstić information content (AvgIpc) is 2.94. The van der Waals surface area contributed by atoms with E-state index in [2.05, 4.69) is 23.4 Å². The largest absolute Gasteiger partial charge is 0.497 e. The molecule has 3 rings (SSSR count). The summed E-state index contributed by atoms with van der Waals surface area (Å²) < 4.78 is 7.25. The normalized spacial score (nSPS) is 12.8. The highest BCUT2D eigenvalue weighted by atomic mass is 16.5. The number of rotatable bonds is 4. The molecular formula is C18H20N2O2. The highest BCUT2D eigenvalue weighted by Crippen LogP contribution is 2.29. The number of imidazole rings is 1. The van der Waals surface area contributed by atoms with Crippen LogP contribution < -0.4 is 4.74 Å². The van der Waals surface area contributed by atoms with Crippen LogP contribution in [0.1, 0.15) is 37.4 Å². The van der Waals surface area contributed by atoms with Gasteiger partial charge in [0, 0.05) is 6.04 Å². The van der Waals surface area contributed by atoms with Crippen molar-refractivity contribution in [3.05, 3.63) is 59.9 Å². The summed E-state index contributed by atoms with van der Waals surface area (Å²) >= 11 is 0. The number of aliphatic hydroxyl groups is 1. The molecule has 0 bridgehead atoms. The average molecular weight is 296 g/mol. The predicted molar refractivity (Wildman–Crippen MR) is 87.2 cm³/mol. The zero-order valence-corrected chi connectivity index (χ0v) is 13.0. The van der Waals surface area contributed by atoms with E-state index in [1.807, 2.05) is 48.5 Å². The highest BCUT2D eigenvalue weighted by molar-refractivity contribution is 5.76. The van der Waals surface area contributed by atoms with Crippen molar-refractivity contribution in [2.45, 2.75) is 26.0 Å². The Kier molecular flexibility index (Phi) is 3.86. The first-order chi connectivity index (χ1) is 10.6. The van der Waals surface area contributed by atoms with Crippen LogP contribution in [-0.4, -0.2) is 21.8 Å². The van der Waals surface area contributed by atoms with Gasteiger partial charge >= 0.3 is 0 Å². The molecule has 0 spiro atoms. The van der Waals surface area contributed by atoms with Crippen molar-refractivity contribution >= 4 is 11.0 Å². The van der Waals surface area contributed by atoms with Crippen LogP contribution in [0.3, 0.4) is 0 Å².